The summed E-state index contributed by atoms with van der Waals surface area (Å²) in [6.07, 6.45) is 11.7. The Bertz CT molecular complexity index is 1770. The molecule has 0 heterocycles. The van der Waals surface area contributed by atoms with Crippen molar-refractivity contribution in [1.82, 2.24) is 5.32 Å². The molecule has 1 aromatic rings. The summed E-state index contributed by atoms with van der Waals surface area (Å²) in [5, 5.41) is 13.4. The molecule has 296 valence electrons. The molecule has 0 aromatic heterocycles. The van der Waals surface area contributed by atoms with Crippen LogP contribution >= 0.6 is 11.6 Å². The van der Waals surface area contributed by atoms with E-state index in [1.807, 2.05) is 31.2 Å². The van der Waals surface area contributed by atoms with Gasteiger partial charge in [0.2, 0.25) is 5.91 Å². The third-order valence-electron chi connectivity index (χ3n) is 15.8. The van der Waals surface area contributed by atoms with Gasteiger partial charge in [-0.25, -0.2) is 0 Å². The number of benzene rings is 1. The summed E-state index contributed by atoms with van der Waals surface area (Å²) >= 11 is 6.23. The summed E-state index contributed by atoms with van der Waals surface area (Å²) in [6.45, 7) is 21.5. The summed E-state index contributed by atoms with van der Waals surface area (Å²) in [7, 11) is 0. The van der Waals surface area contributed by atoms with Gasteiger partial charge in [-0.15, -0.1) is 0 Å². The molecule has 0 radical (unpaired) electrons. The number of amides is 1. The molecule has 2 N–H and O–H groups in total. The van der Waals surface area contributed by atoms with Crippen molar-refractivity contribution in [2.45, 2.75) is 146 Å². The Hall–Kier alpha value is -2.93. The van der Waals surface area contributed by atoms with Gasteiger partial charge in [0.25, 0.3) is 0 Å². The van der Waals surface area contributed by atoms with Crippen molar-refractivity contribution in [3.05, 3.63) is 58.1 Å². The number of ketones is 1. The molecular formula is C46H64ClNO6. The lowest BCUT2D eigenvalue weighted by atomic mass is 9.34. The van der Waals surface area contributed by atoms with Gasteiger partial charge in [-0.2, -0.15) is 0 Å². The lowest BCUT2D eigenvalue weighted by molar-refractivity contribution is -0.221. The van der Waals surface area contributed by atoms with Crippen LogP contribution in [0.3, 0.4) is 0 Å². The molecule has 1 aromatic carbocycles. The van der Waals surface area contributed by atoms with Crippen LogP contribution in [-0.4, -0.2) is 34.8 Å². The van der Waals surface area contributed by atoms with Gasteiger partial charge in [0.05, 0.1) is 17.9 Å². The number of carboxylic acids is 1. The third kappa shape index (κ3) is 6.60. The monoisotopic (exact) mass is 761 g/mol. The van der Waals surface area contributed by atoms with Crippen LogP contribution in [0.2, 0.25) is 5.02 Å². The van der Waals surface area contributed by atoms with E-state index in [0.29, 0.717) is 29.2 Å². The number of ether oxygens (including phenoxy) is 1. The maximum atomic E-state index is 14.1. The van der Waals surface area contributed by atoms with Gasteiger partial charge >= 0.3 is 11.9 Å². The standard InChI is InChI=1S/C46H64ClNO6/c1-27(2)38-31(49)25-46(23-18-36(50)48-28(3)29-12-11-13-30(47)24-29)22-16-34-44(9)19-14-32-42(6,7)35(54-37(51)26-41(4,5)40(52)53)17-21-43(32,8)33(44)15-20-45(34,10)39(38)46/h11-13,18,23-24,27-28,32-35H,14-17,19-22,25-26H2,1-10H3,(H,48,50)(H,52,53)/b23-18+/t28-,32-,33+,34-,35-,43-,44+,45-,46+/m0/s1. The van der Waals surface area contributed by atoms with Crippen molar-refractivity contribution in [2.75, 3.05) is 0 Å². The van der Waals surface area contributed by atoms with Gasteiger partial charge in [-0.1, -0.05) is 78.3 Å². The number of aliphatic carboxylic acids is 1. The number of hydrogen-bond donors (Lipinski definition) is 2. The molecule has 8 heteroatoms. The minimum Gasteiger partial charge on any atom is -0.481 e. The first-order valence-corrected chi connectivity index (χ1v) is 20.9. The number of hydrogen-bond acceptors (Lipinski definition) is 5. The van der Waals surface area contributed by atoms with E-state index in [1.54, 1.807) is 19.9 Å². The molecule has 6 rings (SSSR count). The number of carbonyl (C=O) groups is 4. The topological polar surface area (TPSA) is 110 Å². The van der Waals surface area contributed by atoms with Crippen LogP contribution in [0.25, 0.3) is 0 Å². The number of carboxylic acid groups (broad SMARTS) is 1. The number of carbonyl (C=O) groups excluding carboxylic acids is 3. The minimum absolute atomic E-state index is 0.0635. The average Bonchev–Trinajstić information content (AvgIpc) is 3.38. The highest BCUT2D eigenvalue weighted by Crippen LogP contribution is 2.76. The molecule has 7 nitrogen and oxygen atoms in total. The fraction of sp³-hybridized carbons (Fsp3) is 0.696. The summed E-state index contributed by atoms with van der Waals surface area (Å²) in [4.78, 5) is 52.3. The van der Waals surface area contributed by atoms with E-state index in [1.165, 1.54) is 5.57 Å². The number of Topliss-reactive ketones (excluding diaryl/α,β-unsaturated/α-hetero) is 1. The zero-order valence-corrected chi connectivity index (χ0v) is 35.1. The molecule has 5 aliphatic rings. The highest BCUT2D eigenvalue weighted by molar-refractivity contribution is 6.30. The Morgan fingerprint density at radius 1 is 0.944 bits per heavy atom. The Balaban J connectivity index is 1.26. The number of fused-ring (bicyclic) bond motifs is 7. The smallest absolute Gasteiger partial charge is 0.309 e. The highest BCUT2D eigenvalue weighted by Gasteiger charge is 2.69. The Kier molecular flexibility index (Phi) is 10.5. The summed E-state index contributed by atoms with van der Waals surface area (Å²) in [5.74, 6) is 0.0272. The first kappa shape index (κ1) is 40.7. The number of halogens is 1. The second-order valence-electron chi connectivity index (χ2n) is 20.2. The van der Waals surface area contributed by atoms with Crippen LogP contribution < -0.4 is 5.32 Å². The first-order chi connectivity index (χ1) is 25.0. The van der Waals surface area contributed by atoms with Crippen LogP contribution in [0.5, 0.6) is 0 Å². The number of allylic oxidation sites excluding steroid dienone is 3. The van der Waals surface area contributed by atoms with Gasteiger partial charge in [-0.3, -0.25) is 19.2 Å². The molecule has 0 unspecified atom stereocenters. The quantitative estimate of drug-likeness (QED) is 0.192. The van der Waals surface area contributed by atoms with Crippen molar-refractivity contribution >= 4 is 35.2 Å². The third-order valence-corrected chi connectivity index (χ3v) is 16.1. The van der Waals surface area contributed by atoms with Gasteiger partial charge in [0.1, 0.15) is 6.10 Å². The Morgan fingerprint density at radius 3 is 2.22 bits per heavy atom. The lowest BCUT2D eigenvalue weighted by Crippen LogP contribution is -2.64. The fourth-order valence-electron chi connectivity index (χ4n) is 13.3. The van der Waals surface area contributed by atoms with Crippen molar-refractivity contribution in [3.63, 3.8) is 0 Å². The number of esters is 1. The summed E-state index contributed by atoms with van der Waals surface area (Å²) < 4.78 is 6.16. The molecule has 1 amide bonds. The SMILES string of the molecule is CC(C)C1=C2[C@@](/C=C/C(=O)N[C@@H](C)c3cccc(Cl)c3)(CC[C@H]3[C@]4(C)CC[C@H]5C(C)(C)[C@@H](OC(=O)CC(C)(C)C(=O)O)CC[C@]5(C)[C@H]4CC[C@]23C)CC1=O. The Morgan fingerprint density at radius 2 is 1.57 bits per heavy atom. The van der Waals surface area contributed by atoms with E-state index in [9.17, 15) is 24.3 Å². The average molecular weight is 762 g/mol. The van der Waals surface area contributed by atoms with Crippen LogP contribution in [0.15, 0.2) is 47.6 Å². The molecule has 0 aliphatic heterocycles. The molecule has 0 saturated heterocycles. The fourth-order valence-corrected chi connectivity index (χ4v) is 13.5. The molecule has 54 heavy (non-hydrogen) atoms. The maximum absolute atomic E-state index is 14.1. The zero-order valence-electron chi connectivity index (χ0n) is 34.4. The molecule has 0 bridgehead atoms. The molecular weight excluding hydrogens is 698 g/mol. The predicted octanol–water partition coefficient (Wildman–Crippen LogP) is 10.5. The molecule has 5 aliphatic carbocycles. The number of nitrogens with one attached hydrogen (secondary N) is 1. The maximum Gasteiger partial charge on any atom is 0.309 e. The van der Waals surface area contributed by atoms with Crippen molar-refractivity contribution in [3.8, 4) is 0 Å². The largest absolute Gasteiger partial charge is 0.481 e. The molecule has 0 spiro atoms. The van der Waals surface area contributed by atoms with E-state index in [2.05, 4.69) is 59.9 Å². The van der Waals surface area contributed by atoms with Crippen molar-refractivity contribution in [2.24, 2.45) is 56.2 Å². The van der Waals surface area contributed by atoms with Crippen molar-refractivity contribution in [1.29, 1.82) is 0 Å². The first-order valence-electron chi connectivity index (χ1n) is 20.5. The van der Waals surface area contributed by atoms with Gasteiger partial charge in [-0.05, 0) is 147 Å². The van der Waals surface area contributed by atoms with Crippen molar-refractivity contribution < 1.29 is 29.0 Å². The van der Waals surface area contributed by atoms with Gasteiger partial charge < -0.3 is 15.2 Å². The highest BCUT2D eigenvalue weighted by atomic mass is 35.5. The van der Waals surface area contributed by atoms with Gasteiger partial charge in [0.15, 0.2) is 5.78 Å². The lowest BCUT2D eigenvalue weighted by Gasteiger charge is -2.70. The van der Waals surface area contributed by atoms with Gasteiger partial charge in [0, 0.05) is 22.3 Å². The second kappa shape index (κ2) is 13.9. The van der Waals surface area contributed by atoms with Crippen LogP contribution in [0.1, 0.15) is 145 Å². The van der Waals surface area contributed by atoms with E-state index in [4.69, 9.17) is 16.3 Å². The van der Waals surface area contributed by atoms with E-state index >= 15 is 0 Å². The summed E-state index contributed by atoms with van der Waals surface area (Å²) in [5.41, 5.74) is 1.35. The molecule has 4 fully saturated rings. The predicted molar refractivity (Wildman–Crippen MR) is 212 cm³/mol. The van der Waals surface area contributed by atoms with Crippen LogP contribution in [0.4, 0.5) is 0 Å². The van der Waals surface area contributed by atoms with E-state index in [0.717, 1.165) is 62.5 Å². The Labute approximate surface area is 328 Å². The summed E-state index contributed by atoms with van der Waals surface area (Å²) in [6, 6.07) is 7.35. The number of rotatable bonds is 9. The zero-order chi connectivity index (χ0) is 39.8. The minimum atomic E-state index is -1.17. The molecule has 9 atom stereocenters. The van der Waals surface area contributed by atoms with E-state index in [-0.39, 0.29) is 57.8 Å². The van der Waals surface area contributed by atoms with E-state index < -0.39 is 22.8 Å². The second-order valence-corrected chi connectivity index (χ2v) is 20.7. The molecule has 4 saturated carbocycles. The normalized spacial score (nSPS) is 36.6. The van der Waals surface area contributed by atoms with Crippen LogP contribution in [0, 0.1) is 56.2 Å². The van der Waals surface area contributed by atoms with Crippen LogP contribution in [-0.2, 0) is 23.9 Å².